The molecule has 1 aromatic carbocycles. The van der Waals surface area contributed by atoms with Gasteiger partial charge in [-0.2, -0.15) is 0 Å². The fourth-order valence-electron chi connectivity index (χ4n) is 2.59. The zero-order chi connectivity index (χ0) is 16.2. The van der Waals surface area contributed by atoms with Crippen molar-refractivity contribution < 1.29 is 9.59 Å². The minimum Gasteiger partial charge on any atom is -0.346 e. The summed E-state index contributed by atoms with van der Waals surface area (Å²) < 4.78 is 0. The summed E-state index contributed by atoms with van der Waals surface area (Å²) in [5.74, 6) is -0.229. The van der Waals surface area contributed by atoms with Crippen molar-refractivity contribution in [2.45, 2.75) is 19.4 Å². The molecule has 1 N–H and O–H groups in total. The number of anilines is 1. The van der Waals surface area contributed by atoms with Crippen molar-refractivity contribution in [1.82, 2.24) is 10.3 Å². The van der Waals surface area contributed by atoms with E-state index in [1.807, 2.05) is 18.2 Å². The molecule has 0 atom stereocenters. The molecular formula is C17H16ClN3O2. The maximum absolute atomic E-state index is 12.5. The first-order valence-electron chi connectivity index (χ1n) is 7.43. The van der Waals surface area contributed by atoms with E-state index in [0.717, 1.165) is 12.1 Å². The summed E-state index contributed by atoms with van der Waals surface area (Å²) in [5, 5.41) is 3.33. The fourth-order valence-corrected chi connectivity index (χ4v) is 2.76. The van der Waals surface area contributed by atoms with E-state index < -0.39 is 0 Å². The first kappa shape index (κ1) is 15.5. The van der Waals surface area contributed by atoms with Crippen LogP contribution >= 0.6 is 11.6 Å². The van der Waals surface area contributed by atoms with Crippen molar-refractivity contribution in [2.24, 2.45) is 0 Å². The van der Waals surface area contributed by atoms with Gasteiger partial charge in [0, 0.05) is 24.2 Å². The Balaban J connectivity index is 1.81. The van der Waals surface area contributed by atoms with Crippen LogP contribution in [0, 0.1) is 0 Å². The van der Waals surface area contributed by atoms with E-state index in [1.54, 1.807) is 29.3 Å². The zero-order valence-electron chi connectivity index (χ0n) is 12.5. The highest BCUT2D eigenvalue weighted by Crippen LogP contribution is 2.28. The van der Waals surface area contributed by atoms with Gasteiger partial charge in [0.2, 0.25) is 5.91 Å². The smallest absolute Gasteiger partial charge is 0.253 e. The number of rotatable bonds is 4. The molecule has 2 aromatic rings. The number of hydrogen-bond acceptors (Lipinski definition) is 3. The molecule has 5 nitrogen and oxygen atoms in total. The number of pyridine rings is 1. The highest BCUT2D eigenvalue weighted by Gasteiger charge is 2.26. The van der Waals surface area contributed by atoms with Crippen LogP contribution in [0.25, 0.3) is 0 Å². The molecule has 3 rings (SSSR count). The van der Waals surface area contributed by atoms with Gasteiger partial charge < -0.3 is 10.2 Å². The summed E-state index contributed by atoms with van der Waals surface area (Å²) in [6.07, 6.45) is 2.97. The molecule has 1 aromatic heterocycles. The van der Waals surface area contributed by atoms with Crippen LogP contribution in [-0.2, 0) is 11.3 Å². The van der Waals surface area contributed by atoms with E-state index in [-0.39, 0.29) is 11.8 Å². The molecule has 0 radical (unpaired) electrons. The summed E-state index contributed by atoms with van der Waals surface area (Å²) in [4.78, 5) is 30.3. The quantitative estimate of drug-likeness (QED) is 0.938. The lowest BCUT2D eigenvalue weighted by Crippen LogP contribution is -2.29. The van der Waals surface area contributed by atoms with Crippen molar-refractivity contribution in [3.63, 3.8) is 0 Å². The molecule has 0 bridgehead atoms. The first-order chi connectivity index (χ1) is 11.1. The van der Waals surface area contributed by atoms with Crippen LogP contribution in [0.3, 0.4) is 0 Å². The van der Waals surface area contributed by atoms with Crippen LogP contribution in [0.5, 0.6) is 0 Å². The average molecular weight is 330 g/mol. The number of carbonyl (C=O) groups is 2. The molecule has 6 heteroatoms. The Morgan fingerprint density at radius 2 is 2.17 bits per heavy atom. The highest BCUT2D eigenvalue weighted by atomic mass is 35.5. The lowest BCUT2D eigenvalue weighted by atomic mass is 10.1. The van der Waals surface area contributed by atoms with E-state index in [2.05, 4.69) is 10.3 Å². The third-order valence-electron chi connectivity index (χ3n) is 3.72. The number of halogens is 1. The van der Waals surface area contributed by atoms with Gasteiger partial charge in [-0.3, -0.25) is 14.6 Å². The number of aromatic nitrogens is 1. The maximum Gasteiger partial charge on any atom is 0.253 e. The standard InChI is InChI=1S/C17H16ClN3O2/c18-12-6-7-14(15(10-12)21-9-3-5-16(21)22)17(23)20-11-13-4-1-2-8-19-13/h1-2,4,6-8,10H,3,5,9,11H2,(H,20,23). The first-order valence-corrected chi connectivity index (χ1v) is 7.81. The van der Waals surface area contributed by atoms with Gasteiger partial charge in [-0.1, -0.05) is 17.7 Å². The third kappa shape index (κ3) is 3.51. The van der Waals surface area contributed by atoms with Gasteiger partial charge in [0.05, 0.1) is 23.5 Å². The van der Waals surface area contributed by atoms with Gasteiger partial charge in [0.25, 0.3) is 5.91 Å². The van der Waals surface area contributed by atoms with E-state index in [4.69, 9.17) is 11.6 Å². The summed E-state index contributed by atoms with van der Waals surface area (Å²) in [6, 6.07) is 10.5. The number of nitrogens with zero attached hydrogens (tertiary/aromatic N) is 2. The van der Waals surface area contributed by atoms with Gasteiger partial charge >= 0.3 is 0 Å². The lowest BCUT2D eigenvalue weighted by molar-refractivity contribution is -0.117. The summed E-state index contributed by atoms with van der Waals surface area (Å²) in [6.45, 7) is 0.940. The van der Waals surface area contributed by atoms with E-state index >= 15 is 0 Å². The van der Waals surface area contributed by atoms with Crippen molar-refractivity contribution in [1.29, 1.82) is 0 Å². The van der Waals surface area contributed by atoms with E-state index in [9.17, 15) is 9.59 Å². The number of hydrogen-bond donors (Lipinski definition) is 1. The average Bonchev–Trinajstić information content (AvgIpc) is 2.99. The molecule has 0 saturated carbocycles. The normalized spacial score (nSPS) is 14.1. The van der Waals surface area contributed by atoms with Crippen molar-refractivity contribution in [3.05, 3.63) is 58.9 Å². The Hall–Kier alpha value is -2.40. The Bertz CT molecular complexity index is 734. The minimum atomic E-state index is -0.248. The molecule has 23 heavy (non-hydrogen) atoms. The van der Waals surface area contributed by atoms with Gasteiger partial charge in [0.15, 0.2) is 0 Å². The van der Waals surface area contributed by atoms with Gasteiger partial charge in [-0.25, -0.2) is 0 Å². The van der Waals surface area contributed by atoms with E-state index in [0.29, 0.717) is 35.8 Å². The molecule has 1 aliphatic rings. The van der Waals surface area contributed by atoms with Crippen molar-refractivity contribution in [3.8, 4) is 0 Å². The lowest BCUT2D eigenvalue weighted by Gasteiger charge is -2.19. The molecule has 0 aliphatic carbocycles. The molecule has 1 aliphatic heterocycles. The minimum absolute atomic E-state index is 0.0195. The molecule has 1 fully saturated rings. The van der Waals surface area contributed by atoms with Crippen LogP contribution < -0.4 is 10.2 Å². The monoisotopic (exact) mass is 329 g/mol. The maximum atomic E-state index is 12.5. The Labute approximate surface area is 139 Å². The Morgan fingerprint density at radius 1 is 1.30 bits per heavy atom. The topological polar surface area (TPSA) is 62.3 Å². The predicted octanol–water partition coefficient (Wildman–Crippen LogP) is 2.79. The van der Waals surface area contributed by atoms with Crippen molar-refractivity contribution >= 4 is 29.1 Å². The number of amides is 2. The van der Waals surface area contributed by atoms with Gasteiger partial charge in [-0.15, -0.1) is 0 Å². The largest absolute Gasteiger partial charge is 0.346 e. The molecule has 0 spiro atoms. The van der Waals surface area contributed by atoms with Gasteiger partial charge in [-0.05, 0) is 36.8 Å². The van der Waals surface area contributed by atoms with Crippen LogP contribution in [0.4, 0.5) is 5.69 Å². The van der Waals surface area contributed by atoms with Crippen LogP contribution in [-0.4, -0.2) is 23.3 Å². The van der Waals surface area contributed by atoms with Crippen LogP contribution in [0.2, 0.25) is 5.02 Å². The molecule has 2 heterocycles. The molecule has 0 unspecified atom stereocenters. The fraction of sp³-hybridized carbons (Fsp3) is 0.235. The number of carbonyl (C=O) groups excluding carboxylic acids is 2. The van der Waals surface area contributed by atoms with Crippen LogP contribution in [0.15, 0.2) is 42.6 Å². The molecular weight excluding hydrogens is 314 g/mol. The summed E-state index contributed by atoms with van der Waals surface area (Å²) in [7, 11) is 0. The Kier molecular flexibility index (Phi) is 4.57. The second-order valence-electron chi connectivity index (χ2n) is 5.31. The van der Waals surface area contributed by atoms with E-state index in [1.165, 1.54) is 0 Å². The van der Waals surface area contributed by atoms with Crippen molar-refractivity contribution in [2.75, 3.05) is 11.4 Å². The third-order valence-corrected chi connectivity index (χ3v) is 3.96. The summed E-state index contributed by atoms with van der Waals surface area (Å²) >= 11 is 6.04. The molecule has 1 saturated heterocycles. The SMILES string of the molecule is O=C(NCc1ccccn1)c1ccc(Cl)cc1N1CCCC1=O. The number of nitrogens with one attached hydrogen (secondary N) is 1. The molecule has 118 valence electrons. The van der Waals surface area contributed by atoms with Crippen LogP contribution in [0.1, 0.15) is 28.9 Å². The zero-order valence-corrected chi connectivity index (χ0v) is 13.2. The second-order valence-corrected chi connectivity index (χ2v) is 5.75. The van der Waals surface area contributed by atoms with Gasteiger partial charge in [0.1, 0.15) is 0 Å². The molecule has 2 amide bonds. The highest BCUT2D eigenvalue weighted by molar-refractivity contribution is 6.31. The Morgan fingerprint density at radius 3 is 2.87 bits per heavy atom. The summed E-state index contributed by atoms with van der Waals surface area (Å²) in [5.41, 5.74) is 1.78. The second kappa shape index (κ2) is 6.79. The number of benzene rings is 1. The predicted molar refractivity (Wildman–Crippen MR) is 88.4 cm³/mol.